The molecule has 72 heavy (non-hydrogen) atoms. The maximum absolute atomic E-state index is 12.7. The number of carbonyl (C=O) groups is 4. The molecule has 10 rings (SSSR count). The van der Waals surface area contributed by atoms with Crippen molar-refractivity contribution in [1.82, 2.24) is 68.4 Å². The standard InChI is InChI=1S/2C26H29N7O3/c2*1-26(2,3)36-25(35)32-12-11-31(23(34)17-32)14-18-5-7-19(8-6-18)24-22-9-10-27-33(22)16-21(29-24)20-13-28-30(4)15-20/h2*5-10,13,15-16H,11-12,14,17H2,1-4H3. The van der Waals surface area contributed by atoms with Gasteiger partial charge in [0.25, 0.3) is 0 Å². The van der Waals surface area contributed by atoms with Crippen LogP contribution >= 0.6 is 0 Å². The molecule has 0 spiro atoms. The van der Waals surface area contributed by atoms with E-state index in [2.05, 4.69) is 20.4 Å². The first-order valence-electron chi connectivity index (χ1n) is 23.7. The molecule has 0 saturated carbocycles. The first-order chi connectivity index (χ1) is 34.3. The van der Waals surface area contributed by atoms with Crippen LogP contribution in [0, 0.1) is 0 Å². The minimum Gasteiger partial charge on any atom is -0.444 e. The average Bonchev–Trinajstić information content (AvgIpc) is 4.18. The summed E-state index contributed by atoms with van der Waals surface area (Å²) in [6, 6.07) is 20.0. The molecule has 0 radical (unpaired) electrons. The number of benzene rings is 2. The van der Waals surface area contributed by atoms with E-state index >= 15 is 0 Å². The molecular weight excluding hydrogens is 917 g/mol. The number of aromatic nitrogens is 10. The number of rotatable bonds is 8. The first kappa shape index (κ1) is 48.6. The van der Waals surface area contributed by atoms with Crippen molar-refractivity contribution in [2.75, 3.05) is 39.3 Å². The molecule has 0 bridgehead atoms. The summed E-state index contributed by atoms with van der Waals surface area (Å²) in [6.45, 7) is 13.7. The Morgan fingerprint density at radius 3 is 1.24 bits per heavy atom. The van der Waals surface area contributed by atoms with E-state index in [1.807, 2.05) is 150 Å². The molecule has 0 unspecified atom stereocenters. The number of nitrogens with zero attached hydrogens (tertiary/aromatic N) is 14. The Morgan fingerprint density at radius 2 is 0.903 bits per heavy atom. The van der Waals surface area contributed by atoms with Crippen LogP contribution in [-0.2, 0) is 46.2 Å². The largest absolute Gasteiger partial charge is 0.444 e. The number of piperazine rings is 2. The van der Waals surface area contributed by atoms with E-state index in [4.69, 9.17) is 19.4 Å². The quantitative estimate of drug-likeness (QED) is 0.156. The predicted octanol–water partition coefficient (Wildman–Crippen LogP) is 6.75. The third-order valence-electron chi connectivity index (χ3n) is 11.9. The fourth-order valence-electron chi connectivity index (χ4n) is 8.36. The van der Waals surface area contributed by atoms with Gasteiger partial charge < -0.3 is 19.3 Å². The summed E-state index contributed by atoms with van der Waals surface area (Å²) in [6.07, 6.45) is 13.8. The van der Waals surface area contributed by atoms with Gasteiger partial charge in [0.15, 0.2) is 0 Å². The van der Waals surface area contributed by atoms with Crippen LogP contribution in [0.3, 0.4) is 0 Å². The van der Waals surface area contributed by atoms with Gasteiger partial charge >= 0.3 is 12.2 Å². The van der Waals surface area contributed by atoms with Crippen LogP contribution in [0.5, 0.6) is 0 Å². The van der Waals surface area contributed by atoms with Gasteiger partial charge in [-0.25, -0.2) is 28.6 Å². The van der Waals surface area contributed by atoms with Crippen LogP contribution < -0.4 is 0 Å². The lowest BCUT2D eigenvalue weighted by atomic mass is 10.1. The summed E-state index contributed by atoms with van der Waals surface area (Å²) in [5.74, 6) is -0.189. The van der Waals surface area contributed by atoms with Crippen LogP contribution in [0.2, 0.25) is 0 Å². The second-order valence-electron chi connectivity index (χ2n) is 19.9. The minimum atomic E-state index is -0.589. The molecule has 0 aliphatic carbocycles. The molecule has 2 aromatic carbocycles. The second-order valence-corrected chi connectivity index (χ2v) is 19.9. The fraction of sp³-hybridized carbons (Fsp3) is 0.346. The van der Waals surface area contributed by atoms with Crippen LogP contribution in [0.1, 0.15) is 52.7 Å². The molecule has 2 aliphatic heterocycles. The number of carbonyl (C=O) groups excluding carboxylic acids is 4. The van der Waals surface area contributed by atoms with Gasteiger partial charge in [0, 0.05) is 88.0 Å². The third kappa shape index (κ3) is 11.3. The number of ether oxygens (including phenoxy) is 2. The van der Waals surface area contributed by atoms with Gasteiger partial charge in [0.2, 0.25) is 11.8 Å². The number of hydrogen-bond donors (Lipinski definition) is 0. The Balaban J connectivity index is 0.000000178. The van der Waals surface area contributed by atoms with Gasteiger partial charge in [-0.1, -0.05) is 48.5 Å². The van der Waals surface area contributed by atoms with Crippen molar-refractivity contribution >= 4 is 35.0 Å². The summed E-state index contributed by atoms with van der Waals surface area (Å²) in [4.78, 5) is 66.3. The summed E-state index contributed by atoms with van der Waals surface area (Å²) in [7, 11) is 3.75. The van der Waals surface area contributed by atoms with E-state index in [-0.39, 0.29) is 24.9 Å². The van der Waals surface area contributed by atoms with Crippen molar-refractivity contribution in [2.24, 2.45) is 14.1 Å². The van der Waals surface area contributed by atoms with E-state index in [1.54, 1.807) is 44.0 Å². The smallest absolute Gasteiger partial charge is 0.410 e. The van der Waals surface area contributed by atoms with Crippen LogP contribution in [0.4, 0.5) is 9.59 Å². The normalized spacial score (nSPS) is 14.5. The molecule has 4 amide bonds. The third-order valence-corrected chi connectivity index (χ3v) is 11.9. The van der Waals surface area contributed by atoms with E-state index in [0.717, 1.165) is 67.2 Å². The molecule has 8 aromatic rings. The number of aryl methyl sites for hydroxylation is 2. The zero-order valence-corrected chi connectivity index (χ0v) is 41.8. The Labute approximate surface area is 416 Å². The lowest BCUT2D eigenvalue weighted by molar-refractivity contribution is -0.137. The summed E-state index contributed by atoms with van der Waals surface area (Å²) in [5.41, 5.74) is 9.59. The molecule has 2 fully saturated rings. The highest BCUT2D eigenvalue weighted by Gasteiger charge is 2.32. The average molecular weight is 975 g/mol. The van der Waals surface area contributed by atoms with Crippen molar-refractivity contribution in [3.8, 4) is 45.0 Å². The Bertz CT molecular complexity index is 3050. The zero-order chi connectivity index (χ0) is 50.9. The topological polar surface area (TPSA) is 196 Å². The molecule has 2 aliphatic rings. The summed E-state index contributed by atoms with van der Waals surface area (Å²) >= 11 is 0. The van der Waals surface area contributed by atoms with Crippen molar-refractivity contribution < 1.29 is 28.7 Å². The minimum absolute atomic E-state index is 0.0250. The maximum atomic E-state index is 12.7. The van der Waals surface area contributed by atoms with Crippen molar-refractivity contribution in [1.29, 1.82) is 0 Å². The van der Waals surface area contributed by atoms with E-state index in [9.17, 15) is 19.2 Å². The van der Waals surface area contributed by atoms with Crippen molar-refractivity contribution in [3.05, 3.63) is 121 Å². The molecule has 20 heteroatoms. The molecule has 20 nitrogen and oxygen atoms in total. The van der Waals surface area contributed by atoms with Gasteiger partial charge in [-0.05, 0) is 64.8 Å². The van der Waals surface area contributed by atoms with Crippen LogP contribution in [0.25, 0.3) is 56.1 Å². The Hall–Kier alpha value is -8.42. The van der Waals surface area contributed by atoms with Gasteiger partial charge in [0.1, 0.15) is 24.3 Å². The first-order valence-corrected chi connectivity index (χ1v) is 23.7. The van der Waals surface area contributed by atoms with Gasteiger partial charge in [0.05, 0.1) is 71.0 Å². The van der Waals surface area contributed by atoms with E-state index < -0.39 is 23.4 Å². The maximum Gasteiger partial charge on any atom is 0.410 e. The SMILES string of the molecule is Cn1cc(-c2cn3nccc3c(-c3ccc(CN4CCN(C(=O)OC(C)(C)C)CC4=O)cc3)n2)cn1.Cn1cc(-c2cn3nccc3c(-c3ccc(CN4CCN(C(=O)OC(C)(C)C)CC4=O)cc3)n2)cn1. The Morgan fingerprint density at radius 1 is 0.514 bits per heavy atom. The molecule has 2 saturated heterocycles. The number of hydrogen-bond acceptors (Lipinski definition) is 12. The van der Waals surface area contributed by atoms with E-state index in [0.29, 0.717) is 39.3 Å². The summed E-state index contributed by atoms with van der Waals surface area (Å²) in [5, 5.41) is 17.3. The monoisotopic (exact) mass is 974 g/mol. The second kappa shape index (κ2) is 19.8. The zero-order valence-electron chi connectivity index (χ0n) is 41.8. The van der Waals surface area contributed by atoms with Crippen molar-refractivity contribution in [3.63, 3.8) is 0 Å². The highest BCUT2D eigenvalue weighted by atomic mass is 16.6. The molecule has 8 heterocycles. The molecule has 0 atom stereocenters. The summed E-state index contributed by atoms with van der Waals surface area (Å²) < 4.78 is 17.9. The van der Waals surface area contributed by atoms with Gasteiger partial charge in [-0.3, -0.25) is 28.8 Å². The van der Waals surface area contributed by atoms with Gasteiger partial charge in [-0.2, -0.15) is 20.4 Å². The Kier molecular flexibility index (Phi) is 13.3. The fourth-order valence-corrected chi connectivity index (χ4v) is 8.36. The number of amides is 4. The molecule has 372 valence electrons. The van der Waals surface area contributed by atoms with Crippen molar-refractivity contribution in [2.45, 2.75) is 65.8 Å². The molecular formula is C52H58N14O6. The number of fused-ring (bicyclic) bond motifs is 2. The van der Waals surface area contributed by atoms with Gasteiger partial charge in [-0.15, -0.1) is 0 Å². The lowest BCUT2D eigenvalue weighted by Crippen LogP contribution is -2.52. The van der Waals surface area contributed by atoms with Crippen LogP contribution in [0.15, 0.2) is 110 Å². The molecule has 6 aromatic heterocycles. The highest BCUT2D eigenvalue weighted by molar-refractivity contribution is 5.85. The molecule has 0 N–H and O–H groups in total. The highest BCUT2D eigenvalue weighted by Crippen LogP contribution is 2.29. The lowest BCUT2D eigenvalue weighted by Gasteiger charge is -2.35. The van der Waals surface area contributed by atoms with Crippen LogP contribution in [-0.4, -0.2) is 143 Å². The predicted molar refractivity (Wildman–Crippen MR) is 268 cm³/mol. The van der Waals surface area contributed by atoms with E-state index in [1.165, 1.54) is 9.80 Å².